The van der Waals surface area contributed by atoms with Crippen LogP contribution in [0.2, 0.25) is 0 Å². The Balaban J connectivity index is 0.000000173. The number of imidazole rings is 1. The summed E-state index contributed by atoms with van der Waals surface area (Å²) in [5, 5.41) is 9.92. The molecule has 2 aromatic carbocycles. The number of β-lactam (4-membered cyclic amide) rings is 1. The highest BCUT2D eigenvalue weighted by Gasteiger charge is 2.37. The molecule has 3 aliphatic heterocycles. The number of hydrogen-bond donors (Lipinski definition) is 2. The molecule has 1 fully saturated rings. The summed E-state index contributed by atoms with van der Waals surface area (Å²) in [6.07, 6.45) is 12.2. The van der Waals surface area contributed by atoms with Crippen LogP contribution in [-0.4, -0.2) is 82.4 Å². The topological polar surface area (TPSA) is 153 Å². The van der Waals surface area contributed by atoms with Crippen molar-refractivity contribution >= 4 is 50.3 Å². The Morgan fingerprint density at radius 3 is 2.54 bits per heavy atom. The van der Waals surface area contributed by atoms with Gasteiger partial charge in [0.15, 0.2) is 16.7 Å². The average Bonchev–Trinajstić information content (AvgIpc) is 3.85. The molecule has 4 atom stereocenters. The largest absolute Gasteiger partial charge is 0.510 e. The predicted molar refractivity (Wildman–Crippen MR) is 224 cm³/mol. The van der Waals surface area contributed by atoms with E-state index in [9.17, 15) is 13.2 Å². The second-order valence-corrected chi connectivity index (χ2v) is 18.4. The number of carbonyl (C=O) groups is 1. The van der Waals surface area contributed by atoms with E-state index >= 15 is 0 Å². The van der Waals surface area contributed by atoms with Gasteiger partial charge in [-0.15, -0.1) is 11.8 Å². The van der Waals surface area contributed by atoms with Gasteiger partial charge in [-0.3, -0.25) is 18.2 Å². The van der Waals surface area contributed by atoms with Crippen molar-refractivity contribution < 1.29 is 37.3 Å². The van der Waals surface area contributed by atoms with Crippen molar-refractivity contribution in [1.82, 2.24) is 19.9 Å². The number of methoxy groups -OCH3 is 2. The number of H-pyrrole nitrogens is 1. The molecular formula is C41H54N4O8S3. The number of aromatic amines is 1. The zero-order valence-corrected chi connectivity index (χ0v) is 35.6. The monoisotopic (exact) mass is 826 g/mol. The van der Waals surface area contributed by atoms with Crippen molar-refractivity contribution in [2.75, 3.05) is 32.5 Å². The third-order valence-corrected chi connectivity index (χ3v) is 13.8. The number of unbranched alkanes of at least 4 members (excludes halogenated alkanes) is 5. The van der Waals surface area contributed by atoms with Gasteiger partial charge in [-0.25, -0.2) is 4.98 Å². The second kappa shape index (κ2) is 20.9. The van der Waals surface area contributed by atoms with E-state index in [0.717, 1.165) is 69.4 Å². The maximum Gasteiger partial charge on any atom is 0.231 e. The second-order valence-electron chi connectivity index (χ2n) is 13.9. The Bertz CT molecular complexity index is 2040. The lowest BCUT2D eigenvalue weighted by Crippen LogP contribution is -2.49. The van der Waals surface area contributed by atoms with E-state index in [0.29, 0.717) is 35.3 Å². The molecule has 1 amide bonds. The molecular weight excluding hydrogens is 773 g/mol. The molecule has 7 rings (SSSR count). The van der Waals surface area contributed by atoms with Crippen LogP contribution >= 0.6 is 11.8 Å². The minimum Gasteiger partial charge on any atom is -0.510 e. The van der Waals surface area contributed by atoms with Gasteiger partial charge in [0, 0.05) is 51.4 Å². The Morgan fingerprint density at radius 2 is 1.80 bits per heavy atom. The first kappa shape index (κ1) is 43.1. The molecule has 5 heterocycles. The quantitative estimate of drug-likeness (QED) is 0.0885. The molecule has 0 spiro atoms. The van der Waals surface area contributed by atoms with E-state index < -0.39 is 21.6 Å². The Morgan fingerprint density at radius 1 is 1.04 bits per heavy atom. The van der Waals surface area contributed by atoms with Crippen LogP contribution < -0.4 is 18.9 Å². The van der Waals surface area contributed by atoms with Crippen LogP contribution in [-0.2, 0) is 38.6 Å². The maximum absolute atomic E-state index is 12.7. The van der Waals surface area contributed by atoms with Crippen LogP contribution in [0.15, 0.2) is 59.7 Å². The molecule has 304 valence electrons. The number of aliphatic hydroxyl groups excluding tert-OH is 1. The number of carbonyl (C=O) groups excluding carboxylic acids is 1. The van der Waals surface area contributed by atoms with Crippen molar-refractivity contribution in [2.45, 2.75) is 101 Å². The number of thioether (sulfide) groups is 1. The zero-order chi connectivity index (χ0) is 40.2. The highest BCUT2D eigenvalue weighted by Crippen LogP contribution is 2.35. The molecule has 56 heavy (non-hydrogen) atoms. The van der Waals surface area contributed by atoms with Gasteiger partial charge < -0.3 is 33.9 Å². The van der Waals surface area contributed by atoms with Gasteiger partial charge in [-0.1, -0.05) is 52.0 Å². The van der Waals surface area contributed by atoms with Gasteiger partial charge in [0.05, 0.1) is 65.0 Å². The molecule has 3 unspecified atom stereocenters. The number of pyridine rings is 1. The fourth-order valence-electron chi connectivity index (χ4n) is 6.40. The SMILES string of the molecule is CCCCCCCCS(=O)C(C)Cc1ccc2c(c1)OCO2.COc1ccc2nc(S(=O)Cc3ncc(C)c(OC)c3C)[nH]c2c1.O=C1C[C@H]2SCC(O)=CN12. The van der Waals surface area contributed by atoms with Crippen molar-refractivity contribution in [3.63, 3.8) is 0 Å². The van der Waals surface area contributed by atoms with Crippen molar-refractivity contribution in [3.05, 3.63) is 76.9 Å². The van der Waals surface area contributed by atoms with Gasteiger partial charge in [0.2, 0.25) is 12.7 Å². The molecule has 4 aromatic rings. The highest BCUT2D eigenvalue weighted by atomic mass is 32.2. The zero-order valence-electron chi connectivity index (χ0n) is 33.1. The van der Waals surface area contributed by atoms with Gasteiger partial charge in [-0.2, -0.15) is 0 Å². The first-order valence-corrected chi connectivity index (χ1v) is 22.8. The Labute approximate surface area is 339 Å². The normalized spacial score (nSPS) is 17.0. The van der Waals surface area contributed by atoms with Crippen LogP contribution in [0.5, 0.6) is 23.0 Å². The molecule has 1 saturated heterocycles. The minimum absolute atomic E-state index is 0.115. The van der Waals surface area contributed by atoms with Gasteiger partial charge in [0.25, 0.3) is 0 Å². The summed E-state index contributed by atoms with van der Waals surface area (Å²) < 4.78 is 46.3. The average molecular weight is 827 g/mol. The first-order valence-electron chi connectivity index (χ1n) is 19.0. The van der Waals surface area contributed by atoms with Crippen LogP contribution in [0.1, 0.15) is 81.2 Å². The maximum atomic E-state index is 12.7. The number of hydrogen-bond acceptors (Lipinski definition) is 11. The number of fused-ring (bicyclic) bond motifs is 3. The number of nitrogens with one attached hydrogen (secondary N) is 1. The van der Waals surface area contributed by atoms with Crippen LogP contribution in [0.3, 0.4) is 0 Å². The van der Waals surface area contributed by atoms with Gasteiger partial charge in [-0.05, 0) is 56.5 Å². The highest BCUT2D eigenvalue weighted by molar-refractivity contribution is 8.00. The molecule has 2 aromatic heterocycles. The summed E-state index contributed by atoms with van der Waals surface area (Å²) >= 11 is 1.61. The number of amides is 1. The molecule has 3 aliphatic rings. The number of aryl methyl sites for hydroxylation is 1. The summed E-state index contributed by atoms with van der Waals surface area (Å²) in [5.41, 5.74) is 5.33. The van der Waals surface area contributed by atoms with E-state index in [1.54, 1.807) is 37.1 Å². The molecule has 2 N–H and O–H groups in total. The van der Waals surface area contributed by atoms with Crippen molar-refractivity contribution in [1.29, 1.82) is 0 Å². The van der Waals surface area contributed by atoms with Crippen LogP contribution in [0, 0.1) is 13.8 Å². The van der Waals surface area contributed by atoms with E-state index in [2.05, 4.69) is 28.8 Å². The fraction of sp³-hybridized carbons (Fsp3) is 0.488. The van der Waals surface area contributed by atoms with Gasteiger partial charge in [0.1, 0.15) is 17.3 Å². The lowest BCUT2D eigenvalue weighted by atomic mass is 10.1. The molecule has 0 bridgehead atoms. The number of rotatable bonds is 15. The molecule has 0 saturated carbocycles. The molecule has 12 nitrogen and oxygen atoms in total. The summed E-state index contributed by atoms with van der Waals surface area (Å²) in [5.74, 6) is 5.30. The Hall–Kier alpha value is -4.08. The lowest BCUT2D eigenvalue weighted by molar-refractivity contribution is -0.137. The lowest BCUT2D eigenvalue weighted by Gasteiger charge is -2.39. The Kier molecular flexibility index (Phi) is 16.1. The minimum atomic E-state index is -1.33. The summed E-state index contributed by atoms with van der Waals surface area (Å²) in [7, 11) is 1.16. The third-order valence-electron chi connectivity index (χ3n) is 9.67. The molecule has 15 heteroatoms. The van der Waals surface area contributed by atoms with Gasteiger partial charge >= 0.3 is 0 Å². The summed E-state index contributed by atoms with van der Waals surface area (Å²) in [6, 6.07) is 11.5. The van der Waals surface area contributed by atoms with E-state index in [-0.39, 0.29) is 16.9 Å². The standard InChI is InChI=1S/C18H28O3S.C17H19N3O3S.C6H7NO2S/c1-3-4-5-6-7-8-11-22(19)15(2)12-16-9-10-17-18(13-16)21-14-20-17;1-10-8-18-15(11(2)16(10)23-4)9-24(21)17-19-13-6-5-12(22-3)7-14(13)20-17;8-4-2-7-5(9)1-6(7)10-3-4/h9-10,13,15H,3-8,11-12,14H2,1-2H3;5-8H,9H2,1-4H3,(H,19,20);2,6,8H,1,3H2/t;;6-/m..1/s1. The number of benzene rings is 2. The van der Waals surface area contributed by atoms with Crippen molar-refractivity contribution in [2.24, 2.45) is 0 Å². The fourth-order valence-corrected chi connectivity index (χ4v) is 9.81. The van der Waals surface area contributed by atoms with E-state index in [1.165, 1.54) is 43.9 Å². The van der Waals surface area contributed by atoms with E-state index in [4.69, 9.17) is 24.1 Å². The number of aromatic nitrogens is 3. The number of ether oxygens (including phenoxy) is 4. The van der Waals surface area contributed by atoms with E-state index in [1.807, 2.05) is 50.2 Å². The first-order chi connectivity index (χ1) is 27.0. The molecule has 0 aliphatic carbocycles. The van der Waals surface area contributed by atoms with Crippen LogP contribution in [0.4, 0.5) is 0 Å². The molecule has 0 radical (unpaired) electrons. The third kappa shape index (κ3) is 11.5. The summed E-state index contributed by atoms with van der Waals surface area (Å²) in [6.45, 7) is 8.48. The predicted octanol–water partition coefficient (Wildman–Crippen LogP) is 8.05. The van der Waals surface area contributed by atoms with Crippen molar-refractivity contribution in [3.8, 4) is 23.0 Å². The number of aliphatic hydroxyl groups is 1. The summed E-state index contributed by atoms with van der Waals surface area (Å²) in [4.78, 5) is 24.3. The smallest absolute Gasteiger partial charge is 0.231 e. The van der Waals surface area contributed by atoms with Crippen LogP contribution in [0.25, 0.3) is 11.0 Å². The number of nitrogens with zero attached hydrogens (tertiary/aromatic N) is 3.